The molecule has 0 aliphatic carbocycles. The minimum atomic E-state index is 0.378. The van der Waals surface area contributed by atoms with Gasteiger partial charge in [0.15, 0.2) is 5.76 Å². The van der Waals surface area contributed by atoms with Crippen LogP contribution in [-0.4, -0.2) is 23.6 Å². The van der Waals surface area contributed by atoms with Crippen molar-refractivity contribution >= 4 is 16.6 Å². The van der Waals surface area contributed by atoms with Crippen LogP contribution in [0.5, 0.6) is 5.75 Å². The molecule has 0 aliphatic rings. The summed E-state index contributed by atoms with van der Waals surface area (Å²) in [6.45, 7) is 0.378. The first kappa shape index (κ1) is 15.2. The summed E-state index contributed by atoms with van der Waals surface area (Å²) in [5, 5.41) is 10.0. The molecule has 1 aromatic carbocycles. The van der Waals surface area contributed by atoms with Gasteiger partial charge >= 0.3 is 0 Å². The van der Waals surface area contributed by atoms with E-state index in [9.17, 15) is 0 Å². The van der Waals surface area contributed by atoms with Gasteiger partial charge in [0.05, 0.1) is 31.0 Å². The van der Waals surface area contributed by atoms with Crippen LogP contribution < -0.4 is 4.74 Å². The predicted molar refractivity (Wildman–Crippen MR) is 92.4 cm³/mol. The Morgan fingerprint density at radius 3 is 2.84 bits per heavy atom. The number of imidazole rings is 1. The van der Waals surface area contributed by atoms with E-state index in [2.05, 4.69) is 11.1 Å². The Labute approximate surface area is 143 Å². The summed E-state index contributed by atoms with van der Waals surface area (Å²) in [6.07, 6.45) is 1.82. The Morgan fingerprint density at radius 1 is 1.20 bits per heavy atom. The molecule has 0 bridgehead atoms. The Kier molecular flexibility index (Phi) is 3.64. The van der Waals surface area contributed by atoms with E-state index in [1.54, 1.807) is 26.4 Å². The fourth-order valence-corrected chi connectivity index (χ4v) is 2.90. The molecule has 0 amide bonds. The van der Waals surface area contributed by atoms with E-state index in [4.69, 9.17) is 19.2 Å². The van der Waals surface area contributed by atoms with Gasteiger partial charge in [-0.3, -0.25) is 0 Å². The second-order valence-electron chi connectivity index (χ2n) is 5.61. The Bertz CT molecular complexity index is 1120. The molecule has 0 fully saturated rings. The van der Waals surface area contributed by atoms with Crippen LogP contribution in [0.15, 0.2) is 47.0 Å². The van der Waals surface area contributed by atoms with Crippen molar-refractivity contribution < 1.29 is 13.9 Å². The fourth-order valence-electron chi connectivity index (χ4n) is 2.90. The molecule has 6 nitrogen and oxygen atoms in total. The van der Waals surface area contributed by atoms with Crippen LogP contribution >= 0.6 is 0 Å². The van der Waals surface area contributed by atoms with Crippen molar-refractivity contribution in [1.82, 2.24) is 9.38 Å². The number of hydrogen-bond donors (Lipinski definition) is 0. The highest BCUT2D eigenvalue weighted by molar-refractivity contribution is 5.84. The Hall–Kier alpha value is -3.30. The first-order chi connectivity index (χ1) is 12.2. The van der Waals surface area contributed by atoms with Crippen molar-refractivity contribution in [3.05, 3.63) is 53.9 Å². The molecule has 3 heterocycles. The van der Waals surface area contributed by atoms with E-state index < -0.39 is 0 Å². The lowest BCUT2D eigenvalue weighted by molar-refractivity contribution is 0.181. The number of nitrogens with zero attached hydrogens (tertiary/aromatic N) is 3. The van der Waals surface area contributed by atoms with Crippen LogP contribution in [0, 0.1) is 11.3 Å². The highest BCUT2D eigenvalue weighted by Crippen LogP contribution is 2.32. The molecule has 6 heteroatoms. The van der Waals surface area contributed by atoms with E-state index in [-0.39, 0.29) is 0 Å². The number of hydrogen-bond acceptors (Lipinski definition) is 5. The number of fused-ring (bicyclic) bond motifs is 2. The molecule has 0 N–H and O–H groups in total. The van der Waals surface area contributed by atoms with Crippen molar-refractivity contribution in [3.8, 4) is 23.3 Å². The van der Waals surface area contributed by atoms with Crippen molar-refractivity contribution in [1.29, 1.82) is 5.26 Å². The van der Waals surface area contributed by atoms with Crippen LogP contribution in [0.2, 0.25) is 0 Å². The number of pyridine rings is 1. The molecule has 0 saturated heterocycles. The first-order valence-electron chi connectivity index (χ1n) is 7.71. The molecule has 0 atom stereocenters. The van der Waals surface area contributed by atoms with E-state index in [0.717, 1.165) is 22.4 Å². The van der Waals surface area contributed by atoms with Crippen molar-refractivity contribution in [2.24, 2.45) is 0 Å². The number of ether oxygens (including phenoxy) is 2. The van der Waals surface area contributed by atoms with Gasteiger partial charge in [0, 0.05) is 18.7 Å². The third-order valence-electron chi connectivity index (χ3n) is 4.09. The average Bonchev–Trinajstić information content (AvgIpc) is 3.22. The summed E-state index contributed by atoms with van der Waals surface area (Å²) >= 11 is 0. The van der Waals surface area contributed by atoms with Crippen molar-refractivity contribution in [3.63, 3.8) is 0 Å². The molecule has 0 aliphatic heterocycles. The van der Waals surface area contributed by atoms with Crippen molar-refractivity contribution in [2.75, 3.05) is 14.2 Å². The maximum absolute atomic E-state index is 9.10. The van der Waals surface area contributed by atoms with E-state index >= 15 is 0 Å². The summed E-state index contributed by atoms with van der Waals surface area (Å²) in [5.74, 6) is 1.42. The number of rotatable bonds is 4. The lowest BCUT2D eigenvalue weighted by Crippen LogP contribution is -1.96. The van der Waals surface area contributed by atoms with E-state index in [1.165, 1.54) is 0 Å². The quantitative estimate of drug-likeness (QED) is 0.568. The molecular weight excluding hydrogens is 318 g/mol. The molecule has 4 aromatic rings. The van der Waals surface area contributed by atoms with Crippen LogP contribution in [0.3, 0.4) is 0 Å². The Morgan fingerprint density at radius 2 is 2.08 bits per heavy atom. The summed E-state index contributed by atoms with van der Waals surface area (Å²) in [7, 11) is 3.27. The highest BCUT2D eigenvalue weighted by atomic mass is 16.5. The molecule has 0 unspecified atom stereocenters. The zero-order valence-electron chi connectivity index (χ0n) is 13.8. The van der Waals surface area contributed by atoms with Gasteiger partial charge < -0.3 is 18.3 Å². The van der Waals surface area contributed by atoms with Crippen LogP contribution in [0.4, 0.5) is 0 Å². The largest absolute Gasteiger partial charge is 0.497 e. The minimum Gasteiger partial charge on any atom is -0.497 e. The van der Waals surface area contributed by atoms with Crippen LogP contribution in [0.25, 0.3) is 28.1 Å². The molecule has 0 spiro atoms. The second-order valence-corrected chi connectivity index (χ2v) is 5.61. The summed E-state index contributed by atoms with van der Waals surface area (Å²) in [5.41, 5.74) is 3.57. The second kappa shape index (κ2) is 5.96. The number of aromatic nitrogens is 2. The summed E-state index contributed by atoms with van der Waals surface area (Å²) < 4.78 is 18.5. The number of nitriles is 1. The van der Waals surface area contributed by atoms with E-state index in [0.29, 0.717) is 29.3 Å². The summed E-state index contributed by atoms with van der Waals surface area (Å²) in [6, 6.07) is 13.2. The van der Waals surface area contributed by atoms with Gasteiger partial charge in [-0.1, -0.05) is 0 Å². The van der Waals surface area contributed by atoms with Gasteiger partial charge in [0.25, 0.3) is 0 Å². The smallest absolute Gasteiger partial charge is 0.155 e. The molecule has 3 aromatic heterocycles. The molecule has 124 valence electrons. The molecule has 0 radical (unpaired) electrons. The monoisotopic (exact) mass is 333 g/mol. The maximum atomic E-state index is 9.10. The third-order valence-corrected chi connectivity index (χ3v) is 4.09. The van der Waals surface area contributed by atoms with Gasteiger partial charge in [0.1, 0.15) is 22.7 Å². The zero-order valence-corrected chi connectivity index (χ0v) is 13.8. The minimum absolute atomic E-state index is 0.378. The number of methoxy groups -OCH3 is 2. The standard InChI is InChI=1S/C19H15N3O3/c1-23-11-15-19(21-18-7-12(10-20)5-6-22(15)18)17-9-13-8-14(24-2)3-4-16(13)25-17/h3-9H,11H2,1-2H3. The van der Waals surface area contributed by atoms with Crippen molar-refractivity contribution in [2.45, 2.75) is 6.61 Å². The average molecular weight is 333 g/mol. The topological polar surface area (TPSA) is 72.7 Å². The molecule has 0 saturated carbocycles. The molecular formula is C19H15N3O3. The number of benzene rings is 1. The van der Waals surface area contributed by atoms with Gasteiger partial charge in [-0.25, -0.2) is 4.98 Å². The first-order valence-corrected chi connectivity index (χ1v) is 7.71. The fraction of sp³-hybridized carbons (Fsp3) is 0.158. The molecule has 4 rings (SSSR count). The maximum Gasteiger partial charge on any atom is 0.155 e. The van der Waals surface area contributed by atoms with E-state index in [1.807, 2.05) is 34.9 Å². The van der Waals surface area contributed by atoms with Gasteiger partial charge in [-0.2, -0.15) is 5.26 Å². The third kappa shape index (κ3) is 2.51. The van der Waals surface area contributed by atoms with Crippen LogP contribution in [0.1, 0.15) is 11.3 Å². The lowest BCUT2D eigenvalue weighted by atomic mass is 10.2. The van der Waals surface area contributed by atoms with Gasteiger partial charge in [-0.05, 0) is 36.4 Å². The normalized spacial score (nSPS) is 11.1. The SMILES string of the molecule is COCc1c(-c2cc3cc(OC)ccc3o2)nc2cc(C#N)ccn12. The Balaban J connectivity index is 1.93. The lowest BCUT2D eigenvalue weighted by Gasteiger charge is -2.02. The van der Waals surface area contributed by atoms with Gasteiger partial charge in [0.2, 0.25) is 0 Å². The zero-order chi connectivity index (χ0) is 17.4. The molecule has 25 heavy (non-hydrogen) atoms. The predicted octanol–water partition coefficient (Wildman–Crippen LogP) is 3.77. The highest BCUT2D eigenvalue weighted by Gasteiger charge is 2.18. The number of furan rings is 1. The van der Waals surface area contributed by atoms with Crippen LogP contribution in [-0.2, 0) is 11.3 Å². The summed E-state index contributed by atoms with van der Waals surface area (Å²) in [4.78, 5) is 4.65. The van der Waals surface area contributed by atoms with Gasteiger partial charge in [-0.15, -0.1) is 0 Å².